The highest BCUT2D eigenvalue weighted by atomic mass is 16.5. The van der Waals surface area contributed by atoms with E-state index < -0.39 is 11.1 Å². The Morgan fingerprint density at radius 1 is 1.57 bits per heavy atom. The number of aromatic nitrogens is 2. The minimum atomic E-state index is -0.743. The number of carbonyl (C=O) groups excluding carboxylic acids is 1. The molecule has 1 amide bonds. The predicted octanol–water partition coefficient (Wildman–Crippen LogP) is 0.621. The zero-order valence-corrected chi connectivity index (χ0v) is 13.0. The van der Waals surface area contributed by atoms with E-state index in [1.165, 1.54) is 0 Å². The monoisotopic (exact) mass is 292 g/mol. The third kappa shape index (κ3) is 2.58. The molecule has 116 valence electrons. The zero-order chi connectivity index (χ0) is 15.3. The van der Waals surface area contributed by atoms with Crippen LogP contribution in [0.5, 0.6) is 0 Å². The molecule has 3 rings (SSSR count). The lowest BCUT2D eigenvalue weighted by Gasteiger charge is -2.42. The van der Waals surface area contributed by atoms with Crippen molar-refractivity contribution in [3.05, 3.63) is 18.0 Å². The van der Waals surface area contributed by atoms with Crippen LogP contribution in [0.25, 0.3) is 0 Å². The van der Waals surface area contributed by atoms with Gasteiger partial charge in [0, 0.05) is 25.4 Å². The summed E-state index contributed by atoms with van der Waals surface area (Å²) in [5.74, 6) is 0.376. The minimum Gasteiger partial charge on any atom is -0.367 e. The molecule has 21 heavy (non-hydrogen) atoms. The van der Waals surface area contributed by atoms with Crippen LogP contribution in [-0.4, -0.2) is 45.8 Å². The quantitative estimate of drug-likeness (QED) is 0.886. The van der Waals surface area contributed by atoms with E-state index in [2.05, 4.69) is 5.10 Å². The second-order valence-electron chi connectivity index (χ2n) is 6.77. The van der Waals surface area contributed by atoms with Crippen LogP contribution in [0.4, 0.5) is 0 Å². The maximum Gasteiger partial charge on any atom is 0.242 e. The molecular formula is C15H24N4O2. The molecular weight excluding hydrogens is 268 g/mol. The summed E-state index contributed by atoms with van der Waals surface area (Å²) in [7, 11) is 1.88. The van der Waals surface area contributed by atoms with E-state index >= 15 is 0 Å². The van der Waals surface area contributed by atoms with Crippen LogP contribution in [0.15, 0.2) is 12.4 Å². The summed E-state index contributed by atoms with van der Waals surface area (Å²) in [6.45, 7) is 5.53. The van der Waals surface area contributed by atoms with Crippen LogP contribution in [0.2, 0.25) is 0 Å². The number of morpholine rings is 1. The van der Waals surface area contributed by atoms with Crippen LogP contribution in [0.1, 0.15) is 32.3 Å². The van der Waals surface area contributed by atoms with Crippen LogP contribution >= 0.6 is 0 Å². The number of hydrogen-bond donors (Lipinski definition) is 1. The van der Waals surface area contributed by atoms with E-state index in [4.69, 9.17) is 10.5 Å². The lowest BCUT2D eigenvalue weighted by atomic mass is 9.92. The third-order valence-electron chi connectivity index (χ3n) is 4.76. The van der Waals surface area contributed by atoms with Gasteiger partial charge in [0.15, 0.2) is 0 Å². The molecule has 6 heteroatoms. The van der Waals surface area contributed by atoms with E-state index in [-0.39, 0.29) is 5.91 Å². The van der Waals surface area contributed by atoms with Crippen LogP contribution in [0, 0.1) is 5.92 Å². The molecule has 0 aromatic carbocycles. The maximum atomic E-state index is 12.8. The van der Waals surface area contributed by atoms with Gasteiger partial charge in [-0.2, -0.15) is 5.10 Å². The van der Waals surface area contributed by atoms with Gasteiger partial charge in [-0.05, 0) is 32.6 Å². The Balaban J connectivity index is 1.78. The van der Waals surface area contributed by atoms with E-state index in [9.17, 15) is 4.79 Å². The molecule has 2 heterocycles. The molecule has 2 aliphatic rings. The summed E-state index contributed by atoms with van der Waals surface area (Å²) in [4.78, 5) is 14.6. The van der Waals surface area contributed by atoms with Crippen molar-refractivity contribution in [2.45, 2.75) is 37.8 Å². The number of aryl methyl sites for hydroxylation is 1. The fourth-order valence-electron chi connectivity index (χ4n) is 3.11. The Morgan fingerprint density at radius 3 is 2.86 bits per heavy atom. The molecule has 1 aliphatic heterocycles. The standard InChI is InChI=1S/C15H24N4O2/c1-14(12-8-17-18(3)9-12)10-19(6-7-21-14)13(20)15(2,16)11-4-5-11/h8-9,11H,4-7,10,16H2,1-3H3/t14-,15+/m0/s1. The summed E-state index contributed by atoms with van der Waals surface area (Å²) < 4.78 is 7.70. The highest BCUT2D eigenvalue weighted by Crippen LogP contribution is 2.40. The van der Waals surface area contributed by atoms with Gasteiger partial charge < -0.3 is 15.4 Å². The van der Waals surface area contributed by atoms with Gasteiger partial charge in [-0.3, -0.25) is 9.48 Å². The fourth-order valence-corrected chi connectivity index (χ4v) is 3.11. The number of amides is 1. The minimum absolute atomic E-state index is 0.0448. The molecule has 0 spiro atoms. The number of carbonyl (C=O) groups is 1. The van der Waals surface area contributed by atoms with Gasteiger partial charge >= 0.3 is 0 Å². The lowest BCUT2D eigenvalue weighted by Crippen LogP contribution is -2.60. The van der Waals surface area contributed by atoms with Crippen molar-refractivity contribution >= 4 is 5.91 Å². The first-order valence-electron chi connectivity index (χ1n) is 7.54. The molecule has 2 fully saturated rings. The maximum absolute atomic E-state index is 12.8. The summed E-state index contributed by atoms with van der Waals surface area (Å²) in [6, 6.07) is 0. The number of nitrogens with two attached hydrogens (primary N) is 1. The molecule has 0 unspecified atom stereocenters. The van der Waals surface area contributed by atoms with E-state index in [0.717, 1.165) is 18.4 Å². The summed E-state index contributed by atoms with van der Waals surface area (Å²) >= 11 is 0. The average Bonchev–Trinajstić information content (AvgIpc) is 3.21. The van der Waals surface area contributed by atoms with Crippen molar-refractivity contribution < 1.29 is 9.53 Å². The van der Waals surface area contributed by atoms with Gasteiger partial charge in [-0.1, -0.05) is 0 Å². The van der Waals surface area contributed by atoms with Gasteiger partial charge in [-0.15, -0.1) is 0 Å². The molecule has 0 bridgehead atoms. The SMILES string of the molecule is Cn1cc([C@]2(C)CN(C(=O)[C@](C)(N)C3CC3)CCO2)cn1. The number of rotatable bonds is 3. The Bertz CT molecular complexity index is 550. The summed E-state index contributed by atoms with van der Waals surface area (Å²) in [5, 5.41) is 4.20. The van der Waals surface area contributed by atoms with E-state index in [1.54, 1.807) is 10.9 Å². The Hall–Kier alpha value is -1.40. The van der Waals surface area contributed by atoms with Crippen molar-refractivity contribution in [2.24, 2.45) is 18.7 Å². The van der Waals surface area contributed by atoms with Gasteiger partial charge in [0.05, 0.1) is 24.9 Å². The zero-order valence-electron chi connectivity index (χ0n) is 13.0. The number of ether oxygens (including phenoxy) is 1. The third-order valence-corrected chi connectivity index (χ3v) is 4.76. The lowest BCUT2D eigenvalue weighted by molar-refractivity contribution is -0.155. The predicted molar refractivity (Wildman–Crippen MR) is 78.4 cm³/mol. The van der Waals surface area contributed by atoms with Crippen LogP contribution in [0.3, 0.4) is 0 Å². The van der Waals surface area contributed by atoms with Crippen molar-refractivity contribution in [3.8, 4) is 0 Å². The van der Waals surface area contributed by atoms with Crippen molar-refractivity contribution in [3.63, 3.8) is 0 Å². The smallest absolute Gasteiger partial charge is 0.242 e. The first-order chi connectivity index (χ1) is 9.83. The second kappa shape index (κ2) is 4.81. The van der Waals surface area contributed by atoms with Gasteiger partial charge in [0.2, 0.25) is 5.91 Å². The van der Waals surface area contributed by atoms with Crippen molar-refractivity contribution in [1.29, 1.82) is 0 Å². The van der Waals surface area contributed by atoms with Crippen LogP contribution in [-0.2, 0) is 22.2 Å². The molecule has 6 nitrogen and oxygen atoms in total. The Morgan fingerprint density at radius 2 is 2.29 bits per heavy atom. The van der Waals surface area contributed by atoms with Crippen LogP contribution < -0.4 is 5.73 Å². The van der Waals surface area contributed by atoms with Gasteiger partial charge in [0.1, 0.15) is 5.60 Å². The van der Waals surface area contributed by atoms with Crippen molar-refractivity contribution in [1.82, 2.24) is 14.7 Å². The van der Waals surface area contributed by atoms with Gasteiger partial charge in [0.25, 0.3) is 0 Å². The normalized spacial score (nSPS) is 29.2. The first-order valence-corrected chi connectivity index (χ1v) is 7.54. The Labute approximate surface area is 125 Å². The molecule has 0 radical (unpaired) electrons. The second-order valence-corrected chi connectivity index (χ2v) is 6.77. The largest absolute Gasteiger partial charge is 0.367 e. The molecule has 1 aromatic heterocycles. The summed E-state index contributed by atoms with van der Waals surface area (Å²) in [6.07, 6.45) is 5.86. The van der Waals surface area contributed by atoms with E-state index in [0.29, 0.717) is 25.6 Å². The number of hydrogen-bond acceptors (Lipinski definition) is 4. The Kier molecular flexibility index (Phi) is 3.33. The topological polar surface area (TPSA) is 73.4 Å². The fraction of sp³-hybridized carbons (Fsp3) is 0.733. The van der Waals surface area contributed by atoms with Gasteiger partial charge in [-0.25, -0.2) is 0 Å². The highest BCUT2D eigenvalue weighted by molar-refractivity contribution is 5.86. The molecule has 2 atom stereocenters. The molecule has 1 saturated heterocycles. The summed E-state index contributed by atoms with van der Waals surface area (Å²) in [5.41, 5.74) is 6.02. The molecule has 2 N–H and O–H groups in total. The average molecular weight is 292 g/mol. The molecule has 1 aromatic rings. The first kappa shape index (κ1) is 14.5. The molecule has 1 aliphatic carbocycles. The molecule has 1 saturated carbocycles. The number of nitrogens with zero attached hydrogens (tertiary/aromatic N) is 3. The van der Waals surface area contributed by atoms with Crippen molar-refractivity contribution in [2.75, 3.05) is 19.7 Å². The van der Waals surface area contributed by atoms with E-state index in [1.807, 2.05) is 32.0 Å². The highest BCUT2D eigenvalue weighted by Gasteiger charge is 2.48.